The van der Waals surface area contributed by atoms with Gasteiger partial charge in [0, 0.05) is 30.4 Å². The van der Waals surface area contributed by atoms with E-state index in [9.17, 15) is 13.2 Å². The van der Waals surface area contributed by atoms with Crippen LogP contribution in [0.2, 0.25) is 0 Å². The minimum Gasteiger partial charge on any atom is -0.335 e. The van der Waals surface area contributed by atoms with Crippen molar-refractivity contribution in [2.45, 2.75) is 35.9 Å². The number of hydrogen-bond acceptors (Lipinski definition) is 5. The van der Waals surface area contributed by atoms with Gasteiger partial charge in [-0.2, -0.15) is 4.31 Å². The third-order valence-electron chi connectivity index (χ3n) is 5.30. The number of sulfonamides is 1. The fraction of sp³-hybridized carbons (Fsp3) is 0.500. The summed E-state index contributed by atoms with van der Waals surface area (Å²) in [5.74, 6) is 0.138. The highest BCUT2D eigenvalue weighted by Crippen LogP contribution is 2.37. The summed E-state index contributed by atoms with van der Waals surface area (Å²) < 4.78 is 27.2. The van der Waals surface area contributed by atoms with Crippen LogP contribution < -0.4 is 0 Å². The lowest BCUT2D eigenvalue weighted by Crippen LogP contribution is -2.44. The van der Waals surface area contributed by atoms with E-state index in [-0.39, 0.29) is 17.9 Å². The molecule has 5 nitrogen and oxygen atoms in total. The van der Waals surface area contributed by atoms with Crippen LogP contribution in [0.15, 0.2) is 39.2 Å². The fourth-order valence-electron chi connectivity index (χ4n) is 3.92. The van der Waals surface area contributed by atoms with Crippen molar-refractivity contribution in [2.24, 2.45) is 5.92 Å². The van der Waals surface area contributed by atoms with Crippen LogP contribution >= 0.6 is 22.7 Å². The summed E-state index contributed by atoms with van der Waals surface area (Å²) in [5, 5.41) is 3.84. The minimum absolute atomic E-state index is 0.0645. The summed E-state index contributed by atoms with van der Waals surface area (Å²) in [5.41, 5.74) is 0. The van der Waals surface area contributed by atoms with Gasteiger partial charge in [-0.25, -0.2) is 8.42 Å². The van der Waals surface area contributed by atoms with E-state index in [4.69, 9.17) is 0 Å². The van der Waals surface area contributed by atoms with Crippen molar-refractivity contribution in [1.29, 1.82) is 0 Å². The lowest BCUT2D eigenvalue weighted by atomic mass is 9.96. The van der Waals surface area contributed by atoms with Crippen molar-refractivity contribution >= 4 is 38.6 Å². The second-order valence-electron chi connectivity index (χ2n) is 6.82. The molecule has 0 N–H and O–H groups in total. The van der Waals surface area contributed by atoms with E-state index >= 15 is 0 Å². The first-order valence-corrected chi connectivity index (χ1v) is 12.1. The van der Waals surface area contributed by atoms with Crippen molar-refractivity contribution in [3.05, 3.63) is 39.9 Å². The molecular formula is C18H22N2O3S3. The Bertz CT molecular complexity index is 838. The molecule has 8 heteroatoms. The predicted octanol–water partition coefficient (Wildman–Crippen LogP) is 3.57. The van der Waals surface area contributed by atoms with Gasteiger partial charge in [-0.3, -0.25) is 4.79 Å². The van der Waals surface area contributed by atoms with E-state index in [1.807, 2.05) is 11.0 Å². The smallest absolute Gasteiger partial charge is 0.252 e. The van der Waals surface area contributed by atoms with Crippen LogP contribution in [0.3, 0.4) is 0 Å². The van der Waals surface area contributed by atoms with Crippen LogP contribution in [0.5, 0.6) is 0 Å². The van der Waals surface area contributed by atoms with Gasteiger partial charge in [0.2, 0.25) is 5.91 Å². The van der Waals surface area contributed by atoms with E-state index in [1.165, 1.54) is 20.5 Å². The molecule has 1 atom stereocenters. The first-order valence-electron chi connectivity index (χ1n) is 8.95. The summed E-state index contributed by atoms with van der Waals surface area (Å²) in [6, 6.07) is 7.75. The number of nitrogens with zero attached hydrogens (tertiary/aromatic N) is 2. The average Bonchev–Trinajstić information content (AvgIpc) is 3.43. The van der Waals surface area contributed by atoms with E-state index < -0.39 is 10.0 Å². The zero-order chi connectivity index (χ0) is 18.1. The van der Waals surface area contributed by atoms with E-state index in [1.54, 1.807) is 28.8 Å². The molecule has 2 aliphatic heterocycles. The monoisotopic (exact) mass is 410 g/mol. The van der Waals surface area contributed by atoms with Gasteiger partial charge in [0.25, 0.3) is 10.0 Å². The molecule has 140 valence electrons. The molecule has 0 aromatic carbocycles. The maximum absolute atomic E-state index is 13.1. The maximum atomic E-state index is 13.1. The number of piperidine rings is 1. The van der Waals surface area contributed by atoms with Gasteiger partial charge in [-0.1, -0.05) is 12.1 Å². The third-order valence-corrected chi connectivity index (χ3v) is 9.55. The van der Waals surface area contributed by atoms with Crippen LogP contribution in [-0.2, 0) is 14.8 Å². The summed E-state index contributed by atoms with van der Waals surface area (Å²) in [6.45, 7) is 1.66. The van der Waals surface area contributed by atoms with Gasteiger partial charge < -0.3 is 4.90 Å². The first-order chi connectivity index (χ1) is 12.6. The van der Waals surface area contributed by atoms with Crippen molar-refractivity contribution in [1.82, 2.24) is 9.21 Å². The molecule has 4 heterocycles. The van der Waals surface area contributed by atoms with E-state index in [2.05, 4.69) is 11.4 Å². The normalized spacial score (nSPS) is 22.8. The Labute approximate surface area is 162 Å². The van der Waals surface area contributed by atoms with Gasteiger partial charge >= 0.3 is 0 Å². The van der Waals surface area contributed by atoms with Crippen molar-refractivity contribution in [3.8, 4) is 0 Å². The van der Waals surface area contributed by atoms with Crippen LogP contribution in [0, 0.1) is 5.92 Å². The summed E-state index contributed by atoms with van der Waals surface area (Å²) in [7, 11) is -3.40. The average molecular weight is 411 g/mol. The van der Waals surface area contributed by atoms with Crippen LogP contribution in [0.25, 0.3) is 0 Å². The molecule has 1 unspecified atom stereocenters. The molecule has 26 heavy (non-hydrogen) atoms. The summed E-state index contributed by atoms with van der Waals surface area (Å²) >= 11 is 2.96. The molecule has 0 saturated carbocycles. The summed E-state index contributed by atoms with van der Waals surface area (Å²) in [6.07, 6.45) is 3.28. The topological polar surface area (TPSA) is 57.7 Å². The number of carbonyl (C=O) groups is 1. The number of carbonyl (C=O) groups excluding carboxylic acids is 1. The molecule has 4 rings (SSSR count). The Balaban J connectivity index is 1.41. The lowest BCUT2D eigenvalue weighted by molar-refractivity contribution is -0.137. The first kappa shape index (κ1) is 18.2. The molecule has 0 radical (unpaired) electrons. The standard InChI is InChI=1S/C18H22N2O3S3/c21-18(20-9-1-4-15(20)16-5-2-12-24-16)14-7-10-19(11-8-14)26(22,23)17-6-3-13-25-17/h2-3,5-6,12-15H,1,4,7-11H2. The van der Waals surface area contributed by atoms with Crippen molar-refractivity contribution in [3.63, 3.8) is 0 Å². The highest BCUT2D eigenvalue weighted by Gasteiger charge is 2.38. The van der Waals surface area contributed by atoms with Gasteiger partial charge in [0.05, 0.1) is 6.04 Å². The number of thiophene rings is 2. The Hall–Kier alpha value is -1.22. The molecule has 2 aliphatic rings. The molecule has 2 fully saturated rings. The zero-order valence-corrected chi connectivity index (χ0v) is 16.9. The van der Waals surface area contributed by atoms with E-state index in [0.717, 1.165) is 19.4 Å². The minimum atomic E-state index is -3.40. The molecule has 0 spiro atoms. The molecule has 0 bridgehead atoms. The second-order valence-corrected chi connectivity index (χ2v) is 10.9. The Kier molecular flexibility index (Phi) is 5.18. The Morgan fingerprint density at radius 2 is 1.73 bits per heavy atom. The predicted molar refractivity (Wildman–Crippen MR) is 104 cm³/mol. The van der Waals surface area contributed by atoms with E-state index in [0.29, 0.717) is 30.1 Å². The number of rotatable bonds is 4. The molecule has 2 aromatic rings. The number of amides is 1. The van der Waals surface area contributed by atoms with Crippen LogP contribution in [0.4, 0.5) is 0 Å². The maximum Gasteiger partial charge on any atom is 0.252 e. The Morgan fingerprint density at radius 1 is 1.00 bits per heavy atom. The van der Waals surface area contributed by atoms with Gasteiger partial charge in [-0.15, -0.1) is 22.7 Å². The molecule has 2 saturated heterocycles. The number of hydrogen-bond donors (Lipinski definition) is 0. The van der Waals surface area contributed by atoms with Crippen LogP contribution in [-0.4, -0.2) is 43.2 Å². The Morgan fingerprint density at radius 3 is 2.38 bits per heavy atom. The third kappa shape index (κ3) is 3.35. The molecule has 2 aromatic heterocycles. The van der Waals surface area contributed by atoms with Crippen LogP contribution in [0.1, 0.15) is 36.6 Å². The van der Waals surface area contributed by atoms with Gasteiger partial charge in [0.15, 0.2) is 0 Å². The van der Waals surface area contributed by atoms with Gasteiger partial charge in [-0.05, 0) is 48.6 Å². The van der Waals surface area contributed by atoms with Crippen molar-refractivity contribution in [2.75, 3.05) is 19.6 Å². The second kappa shape index (κ2) is 7.42. The van der Waals surface area contributed by atoms with Gasteiger partial charge in [0.1, 0.15) is 4.21 Å². The molecular weight excluding hydrogens is 388 g/mol. The fourth-order valence-corrected chi connectivity index (χ4v) is 7.41. The SMILES string of the molecule is O=C(C1CCN(S(=O)(=O)c2cccs2)CC1)N1CCCC1c1cccs1. The molecule has 0 aliphatic carbocycles. The largest absolute Gasteiger partial charge is 0.335 e. The summed E-state index contributed by atoms with van der Waals surface area (Å²) in [4.78, 5) is 16.3. The zero-order valence-electron chi connectivity index (χ0n) is 14.4. The lowest BCUT2D eigenvalue weighted by Gasteiger charge is -2.34. The highest BCUT2D eigenvalue weighted by molar-refractivity contribution is 7.91. The highest BCUT2D eigenvalue weighted by atomic mass is 32.2. The number of likely N-dealkylation sites (tertiary alicyclic amines) is 1. The van der Waals surface area contributed by atoms with Crippen molar-refractivity contribution < 1.29 is 13.2 Å². The quantitative estimate of drug-likeness (QED) is 0.774. The molecule has 1 amide bonds.